The largest absolute Gasteiger partial charge is 0.352 e. The Morgan fingerprint density at radius 3 is 2.67 bits per heavy atom. The molecule has 0 saturated heterocycles. The Bertz CT molecular complexity index is 855. The highest BCUT2D eigenvalue weighted by Crippen LogP contribution is 2.38. The first-order chi connectivity index (χ1) is 12.9. The molecular formula is C19H27N5O2S. The third-order valence-corrected chi connectivity index (χ3v) is 6.04. The summed E-state index contributed by atoms with van der Waals surface area (Å²) in [6.45, 7) is 8.51. The number of nitrogens with zero attached hydrogens (tertiary/aromatic N) is 3. The van der Waals surface area contributed by atoms with E-state index in [9.17, 15) is 9.59 Å². The van der Waals surface area contributed by atoms with Crippen molar-refractivity contribution >= 4 is 28.2 Å². The third kappa shape index (κ3) is 4.21. The molecule has 2 aromatic rings. The molecule has 1 atom stereocenters. The molecule has 0 bridgehead atoms. The topological polar surface area (TPSA) is 88.9 Å². The van der Waals surface area contributed by atoms with E-state index in [4.69, 9.17) is 0 Å². The van der Waals surface area contributed by atoms with Crippen LogP contribution in [0.25, 0.3) is 0 Å². The number of aryl methyl sites for hydroxylation is 3. The van der Waals surface area contributed by atoms with Crippen molar-refractivity contribution in [3.8, 4) is 0 Å². The van der Waals surface area contributed by atoms with Crippen LogP contribution in [-0.2, 0) is 24.2 Å². The van der Waals surface area contributed by atoms with Crippen LogP contribution < -0.4 is 10.6 Å². The van der Waals surface area contributed by atoms with Gasteiger partial charge in [-0.2, -0.15) is 5.10 Å². The number of thiophene rings is 1. The number of amides is 2. The average molecular weight is 390 g/mol. The first-order valence-electron chi connectivity index (χ1n) is 9.52. The molecule has 27 heavy (non-hydrogen) atoms. The smallest absolute Gasteiger partial charge is 0.254 e. The second-order valence-electron chi connectivity index (χ2n) is 7.05. The molecule has 0 spiro atoms. The van der Waals surface area contributed by atoms with Gasteiger partial charge in [0.1, 0.15) is 16.6 Å². The van der Waals surface area contributed by atoms with Crippen molar-refractivity contribution in [1.29, 1.82) is 0 Å². The summed E-state index contributed by atoms with van der Waals surface area (Å²) in [5.41, 5.74) is 1.77. The van der Waals surface area contributed by atoms with E-state index in [0.29, 0.717) is 29.5 Å². The first-order valence-corrected chi connectivity index (χ1v) is 10.3. The molecule has 2 N–H and O–H groups in total. The minimum Gasteiger partial charge on any atom is -0.352 e. The van der Waals surface area contributed by atoms with Crippen molar-refractivity contribution in [2.24, 2.45) is 5.92 Å². The maximum atomic E-state index is 12.8. The average Bonchev–Trinajstić information content (AvgIpc) is 3.13. The summed E-state index contributed by atoms with van der Waals surface area (Å²) in [7, 11) is 0. The highest BCUT2D eigenvalue weighted by atomic mass is 32.1. The second kappa shape index (κ2) is 8.21. The molecule has 2 amide bonds. The molecule has 1 aliphatic carbocycles. The van der Waals surface area contributed by atoms with Crippen molar-refractivity contribution in [3.05, 3.63) is 27.7 Å². The standard InChI is InChI=1S/C19H27N5O2S/c1-5-20-18(26)16-14-8-6-7-9-15(14)27-19(16)22-17(25)11(2)10-24-13(4)21-12(3)23-24/h11H,5-10H2,1-4H3,(H,20,26)(H,22,25)/t11-/m1/s1. The van der Waals surface area contributed by atoms with Gasteiger partial charge >= 0.3 is 0 Å². The number of aromatic nitrogens is 3. The maximum Gasteiger partial charge on any atom is 0.254 e. The van der Waals surface area contributed by atoms with Crippen molar-refractivity contribution in [2.45, 2.75) is 59.9 Å². The van der Waals surface area contributed by atoms with Gasteiger partial charge in [0.25, 0.3) is 5.91 Å². The molecule has 3 rings (SSSR count). The molecule has 7 nitrogen and oxygen atoms in total. The Hall–Kier alpha value is -2.22. The van der Waals surface area contributed by atoms with Gasteiger partial charge < -0.3 is 10.6 Å². The fourth-order valence-corrected chi connectivity index (χ4v) is 4.74. The Morgan fingerprint density at radius 1 is 1.26 bits per heavy atom. The molecule has 146 valence electrons. The van der Waals surface area contributed by atoms with Crippen molar-refractivity contribution in [3.63, 3.8) is 0 Å². The van der Waals surface area contributed by atoms with Crippen LogP contribution in [0, 0.1) is 19.8 Å². The van der Waals surface area contributed by atoms with Gasteiger partial charge in [0.05, 0.1) is 18.0 Å². The minimum absolute atomic E-state index is 0.0948. The predicted octanol–water partition coefficient (Wildman–Crippen LogP) is 2.86. The summed E-state index contributed by atoms with van der Waals surface area (Å²) in [6, 6.07) is 0. The number of fused-ring (bicyclic) bond motifs is 1. The van der Waals surface area contributed by atoms with Gasteiger partial charge in [0.2, 0.25) is 5.91 Å². The Morgan fingerprint density at radius 2 is 2.00 bits per heavy atom. The van der Waals surface area contributed by atoms with Crippen molar-refractivity contribution in [1.82, 2.24) is 20.1 Å². The van der Waals surface area contributed by atoms with Crippen LogP contribution in [0.1, 0.15) is 59.1 Å². The van der Waals surface area contributed by atoms with Crippen LogP contribution in [0.4, 0.5) is 5.00 Å². The van der Waals surface area contributed by atoms with E-state index < -0.39 is 0 Å². The van der Waals surface area contributed by atoms with Crippen molar-refractivity contribution < 1.29 is 9.59 Å². The van der Waals surface area contributed by atoms with Crippen molar-refractivity contribution in [2.75, 3.05) is 11.9 Å². The summed E-state index contributed by atoms with van der Waals surface area (Å²) in [6.07, 6.45) is 4.11. The van der Waals surface area contributed by atoms with Crippen LogP contribution in [0.15, 0.2) is 0 Å². The number of carbonyl (C=O) groups excluding carboxylic acids is 2. The fraction of sp³-hybridized carbons (Fsp3) is 0.579. The molecule has 0 unspecified atom stereocenters. The van der Waals surface area contributed by atoms with Crippen LogP contribution in [0.2, 0.25) is 0 Å². The Kier molecular flexibility index (Phi) is 5.94. The summed E-state index contributed by atoms with van der Waals surface area (Å²) in [4.78, 5) is 30.9. The van der Waals surface area contributed by atoms with Gasteiger partial charge in [-0.15, -0.1) is 11.3 Å². The van der Waals surface area contributed by atoms with E-state index in [1.807, 2.05) is 27.7 Å². The molecule has 0 fully saturated rings. The lowest BCUT2D eigenvalue weighted by Crippen LogP contribution is -2.28. The van der Waals surface area contributed by atoms with Crippen LogP contribution in [0.5, 0.6) is 0 Å². The first kappa shape index (κ1) is 19.5. The molecule has 2 aromatic heterocycles. The molecule has 0 radical (unpaired) electrons. The molecule has 8 heteroatoms. The van der Waals surface area contributed by atoms with Gasteiger partial charge in [0.15, 0.2) is 0 Å². The number of carbonyl (C=O) groups is 2. The van der Waals surface area contributed by atoms with Gasteiger partial charge in [-0.25, -0.2) is 9.67 Å². The molecule has 0 saturated carbocycles. The van der Waals surface area contributed by atoms with Crippen LogP contribution >= 0.6 is 11.3 Å². The second-order valence-corrected chi connectivity index (χ2v) is 8.16. The quantitative estimate of drug-likeness (QED) is 0.795. The zero-order valence-electron chi connectivity index (χ0n) is 16.4. The lowest BCUT2D eigenvalue weighted by atomic mass is 9.95. The zero-order chi connectivity index (χ0) is 19.6. The van der Waals surface area contributed by atoms with E-state index in [1.54, 1.807) is 16.0 Å². The summed E-state index contributed by atoms with van der Waals surface area (Å²) < 4.78 is 1.75. The van der Waals surface area contributed by atoms with E-state index in [1.165, 1.54) is 4.88 Å². The van der Waals surface area contributed by atoms with E-state index >= 15 is 0 Å². The van der Waals surface area contributed by atoms with Gasteiger partial charge in [-0.1, -0.05) is 6.92 Å². The van der Waals surface area contributed by atoms with E-state index in [0.717, 1.165) is 37.1 Å². The highest BCUT2D eigenvalue weighted by molar-refractivity contribution is 7.17. The number of anilines is 1. The summed E-state index contributed by atoms with van der Waals surface area (Å²) >= 11 is 1.55. The lowest BCUT2D eigenvalue weighted by Gasteiger charge is -2.14. The maximum absolute atomic E-state index is 12.8. The Labute approximate surface area is 163 Å². The SMILES string of the molecule is CCNC(=O)c1c(NC(=O)[C@H](C)Cn2nc(C)nc2C)sc2c1CCCC2. The minimum atomic E-state index is -0.286. The number of rotatable bonds is 6. The monoisotopic (exact) mass is 389 g/mol. The van der Waals surface area contributed by atoms with E-state index in [-0.39, 0.29) is 17.7 Å². The molecule has 0 aromatic carbocycles. The molecule has 1 aliphatic rings. The summed E-state index contributed by atoms with van der Waals surface area (Å²) in [5, 5.41) is 10.9. The van der Waals surface area contributed by atoms with Gasteiger partial charge in [-0.05, 0) is 52.0 Å². The number of nitrogens with one attached hydrogen (secondary N) is 2. The Balaban J connectivity index is 1.79. The number of hydrogen-bond acceptors (Lipinski definition) is 5. The van der Waals surface area contributed by atoms with Gasteiger partial charge in [-0.3, -0.25) is 9.59 Å². The highest BCUT2D eigenvalue weighted by Gasteiger charge is 2.27. The number of hydrogen-bond donors (Lipinski definition) is 2. The van der Waals surface area contributed by atoms with Gasteiger partial charge in [0, 0.05) is 11.4 Å². The predicted molar refractivity (Wildman–Crippen MR) is 106 cm³/mol. The normalized spacial score (nSPS) is 14.5. The lowest BCUT2D eigenvalue weighted by molar-refractivity contribution is -0.119. The van der Waals surface area contributed by atoms with Crippen LogP contribution in [0.3, 0.4) is 0 Å². The summed E-state index contributed by atoms with van der Waals surface area (Å²) in [5.74, 6) is 1.01. The fourth-order valence-electron chi connectivity index (χ4n) is 3.45. The van der Waals surface area contributed by atoms with E-state index in [2.05, 4.69) is 20.7 Å². The zero-order valence-corrected chi connectivity index (χ0v) is 17.2. The third-order valence-electron chi connectivity index (χ3n) is 4.83. The molecular weight excluding hydrogens is 362 g/mol. The van der Waals surface area contributed by atoms with Crippen LogP contribution in [-0.4, -0.2) is 33.1 Å². The molecule has 0 aliphatic heterocycles. The molecule has 2 heterocycles.